The Hall–Kier alpha value is -1.07. The van der Waals surface area contributed by atoms with Crippen molar-refractivity contribution in [3.05, 3.63) is 23.3 Å². The number of hydrogen-bond acceptors (Lipinski definition) is 3. The maximum atomic E-state index is 13.2. The molecule has 21 heavy (non-hydrogen) atoms. The van der Waals surface area contributed by atoms with Crippen molar-refractivity contribution in [2.45, 2.75) is 52.0 Å². The van der Waals surface area contributed by atoms with E-state index in [0.29, 0.717) is 34.5 Å². The zero-order valence-corrected chi connectivity index (χ0v) is 14.4. The van der Waals surface area contributed by atoms with Crippen molar-refractivity contribution in [3.63, 3.8) is 0 Å². The van der Waals surface area contributed by atoms with Gasteiger partial charge >= 0.3 is 0 Å². The zero-order valence-electron chi connectivity index (χ0n) is 13.6. The summed E-state index contributed by atoms with van der Waals surface area (Å²) >= 11 is 0. The van der Waals surface area contributed by atoms with E-state index in [1.165, 1.54) is 0 Å². The molecule has 0 saturated carbocycles. The second-order valence-electron chi connectivity index (χ2n) is 6.56. The first kappa shape index (κ1) is 16.3. The van der Waals surface area contributed by atoms with E-state index in [-0.39, 0.29) is 6.04 Å². The normalized spacial score (nSPS) is 27.8. The van der Waals surface area contributed by atoms with Gasteiger partial charge in [-0.2, -0.15) is 4.31 Å². The Labute approximate surface area is 128 Å². The first-order valence-electron chi connectivity index (χ1n) is 7.53. The highest BCUT2D eigenvalue weighted by Gasteiger charge is 2.38. The van der Waals surface area contributed by atoms with E-state index in [4.69, 9.17) is 5.73 Å². The lowest BCUT2D eigenvalue weighted by molar-refractivity contribution is 0.157. The van der Waals surface area contributed by atoms with E-state index in [0.717, 1.165) is 12.0 Å². The van der Waals surface area contributed by atoms with Gasteiger partial charge in [0.05, 0.1) is 4.90 Å². The Morgan fingerprint density at radius 3 is 2.43 bits per heavy atom. The number of rotatable bonds is 2. The number of aryl methyl sites for hydroxylation is 1. The summed E-state index contributed by atoms with van der Waals surface area (Å²) in [6.45, 7) is 10.5. The summed E-state index contributed by atoms with van der Waals surface area (Å²) in [5.41, 5.74) is 7.88. The Morgan fingerprint density at radius 1 is 1.19 bits per heavy atom. The van der Waals surface area contributed by atoms with Gasteiger partial charge in [0.15, 0.2) is 0 Å². The monoisotopic (exact) mass is 310 g/mol. The minimum Gasteiger partial charge on any atom is -0.398 e. The molecule has 0 aliphatic carbocycles. The van der Waals surface area contributed by atoms with Crippen LogP contribution >= 0.6 is 0 Å². The lowest BCUT2D eigenvalue weighted by Crippen LogP contribution is -2.49. The first-order valence-corrected chi connectivity index (χ1v) is 8.97. The van der Waals surface area contributed by atoms with E-state index >= 15 is 0 Å². The summed E-state index contributed by atoms with van der Waals surface area (Å²) in [6, 6.07) is 3.58. The number of nitrogen functional groups attached to an aromatic ring is 1. The van der Waals surface area contributed by atoms with Crippen molar-refractivity contribution in [2.75, 3.05) is 12.3 Å². The molecule has 0 spiro atoms. The van der Waals surface area contributed by atoms with Crippen LogP contribution in [0.5, 0.6) is 0 Å². The second-order valence-corrected chi connectivity index (χ2v) is 8.39. The van der Waals surface area contributed by atoms with Crippen LogP contribution in [0.1, 0.15) is 38.3 Å². The van der Waals surface area contributed by atoms with Crippen LogP contribution in [0.15, 0.2) is 17.0 Å². The Bertz CT molecular complexity index is 640. The minimum absolute atomic E-state index is 0.0198. The molecule has 1 aliphatic rings. The molecule has 0 radical (unpaired) electrons. The molecule has 0 bridgehead atoms. The van der Waals surface area contributed by atoms with Crippen LogP contribution in [0.4, 0.5) is 5.69 Å². The molecule has 1 heterocycles. The molecule has 1 fully saturated rings. The number of piperidine rings is 1. The van der Waals surface area contributed by atoms with Gasteiger partial charge in [0.25, 0.3) is 0 Å². The molecule has 0 aromatic heterocycles. The topological polar surface area (TPSA) is 63.4 Å². The third-order valence-electron chi connectivity index (χ3n) is 4.75. The average molecular weight is 310 g/mol. The molecule has 1 aliphatic heterocycles. The number of sulfonamides is 1. The smallest absolute Gasteiger partial charge is 0.243 e. The van der Waals surface area contributed by atoms with Crippen molar-refractivity contribution < 1.29 is 8.42 Å². The van der Waals surface area contributed by atoms with Crippen molar-refractivity contribution in [3.8, 4) is 0 Å². The highest BCUT2D eigenvalue weighted by atomic mass is 32.2. The molecule has 118 valence electrons. The summed E-state index contributed by atoms with van der Waals surface area (Å²) in [4.78, 5) is 0.385. The molecule has 4 nitrogen and oxygen atoms in total. The fourth-order valence-electron chi connectivity index (χ4n) is 3.34. The molecule has 5 heteroatoms. The van der Waals surface area contributed by atoms with E-state index in [2.05, 4.69) is 13.8 Å². The van der Waals surface area contributed by atoms with Gasteiger partial charge < -0.3 is 5.73 Å². The van der Waals surface area contributed by atoms with Gasteiger partial charge in [0, 0.05) is 18.3 Å². The van der Waals surface area contributed by atoms with E-state index < -0.39 is 10.0 Å². The van der Waals surface area contributed by atoms with Gasteiger partial charge in [0.1, 0.15) is 0 Å². The van der Waals surface area contributed by atoms with E-state index in [9.17, 15) is 8.42 Å². The molecule has 3 atom stereocenters. The van der Waals surface area contributed by atoms with Crippen molar-refractivity contribution >= 4 is 15.7 Å². The van der Waals surface area contributed by atoms with Crippen LogP contribution in [-0.4, -0.2) is 25.3 Å². The van der Waals surface area contributed by atoms with E-state index in [1.807, 2.05) is 13.8 Å². The molecule has 2 N–H and O–H groups in total. The van der Waals surface area contributed by atoms with Crippen LogP contribution in [0, 0.1) is 25.7 Å². The summed E-state index contributed by atoms with van der Waals surface area (Å²) in [5.74, 6) is 0.748. The van der Waals surface area contributed by atoms with Gasteiger partial charge in [-0.3, -0.25) is 0 Å². The Balaban J connectivity index is 2.54. The summed E-state index contributed by atoms with van der Waals surface area (Å²) in [5, 5.41) is 0. The summed E-state index contributed by atoms with van der Waals surface area (Å²) in [6.07, 6.45) is 1.07. The quantitative estimate of drug-likeness (QED) is 0.854. The molecule has 1 saturated heterocycles. The molecular weight excluding hydrogens is 284 g/mol. The molecule has 1 aromatic carbocycles. The fraction of sp³-hybridized carbons (Fsp3) is 0.625. The van der Waals surface area contributed by atoms with Gasteiger partial charge in [0.2, 0.25) is 10.0 Å². The molecule has 0 amide bonds. The van der Waals surface area contributed by atoms with Crippen LogP contribution in [0.25, 0.3) is 0 Å². The van der Waals surface area contributed by atoms with Crippen molar-refractivity contribution in [2.24, 2.45) is 11.8 Å². The largest absolute Gasteiger partial charge is 0.398 e. The van der Waals surface area contributed by atoms with Crippen LogP contribution in [0.2, 0.25) is 0 Å². The van der Waals surface area contributed by atoms with Crippen LogP contribution in [-0.2, 0) is 10.0 Å². The SMILES string of the molecule is Cc1ccc(N)c(C)c1S(=O)(=O)N1CC(C)CC(C)C1C. The third kappa shape index (κ3) is 2.81. The van der Waals surface area contributed by atoms with Crippen LogP contribution in [0.3, 0.4) is 0 Å². The van der Waals surface area contributed by atoms with E-state index in [1.54, 1.807) is 23.4 Å². The van der Waals surface area contributed by atoms with Gasteiger partial charge in [-0.25, -0.2) is 8.42 Å². The Morgan fingerprint density at radius 2 is 1.81 bits per heavy atom. The fourth-order valence-corrected chi connectivity index (χ4v) is 5.65. The number of hydrogen-bond donors (Lipinski definition) is 1. The lowest BCUT2D eigenvalue weighted by Gasteiger charge is -2.40. The first-order chi connectivity index (χ1) is 9.66. The van der Waals surface area contributed by atoms with Gasteiger partial charge in [-0.05, 0) is 56.2 Å². The average Bonchev–Trinajstić information content (AvgIpc) is 2.38. The molecular formula is C16H26N2O2S. The highest BCUT2D eigenvalue weighted by Crippen LogP contribution is 2.34. The number of nitrogens with zero attached hydrogens (tertiary/aromatic N) is 1. The van der Waals surface area contributed by atoms with Crippen molar-refractivity contribution in [1.29, 1.82) is 0 Å². The zero-order chi connectivity index (χ0) is 15.9. The number of benzene rings is 1. The number of anilines is 1. The maximum absolute atomic E-state index is 13.2. The number of nitrogens with two attached hydrogens (primary N) is 1. The summed E-state index contributed by atoms with van der Waals surface area (Å²) < 4.78 is 28.0. The predicted molar refractivity (Wildman–Crippen MR) is 86.6 cm³/mol. The Kier molecular flexibility index (Phi) is 4.36. The predicted octanol–water partition coefficient (Wildman–Crippen LogP) is 2.94. The van der Waals surface area contributed by atoms with Gasteiger partial charge in [-0.1, -0.05) is 19.9 Å². The molecule has 3 unspecified atom stereocenters. The lowest BCUT2D eigenvalue weighted by atomic mass is 9.88. The van der Waals surface area contributed by atoms with Gasteiger partial charge in [-0.15, -0.1) is 0 Å². The molecule has 2 rings (SSSR count). The standard InChI is InChI=1S/C16H26N2O2S/c1-10-8-12(3)14(5)18(9-10)21(19,20)16-11(2)6-7-15(17)13(16)4/h6-7,10,12,14H,8-9,17H2,1-5H3. The summed E-state index contributed by atoms with van der Waals surface area (Å²) in [7, 11) is -3.51. The maximum Gasteiger partial charge on any atom is 0.243 e. The second kappa shape index (κ2) is 5.61. The van der Waals surface area contributed by atoms with Crippen molar-refractivity contribution in [1.82, 2.24) is 4.31 Å². The third-order valence-corrected chi connectivity index (χ3v) is 7.00. The minimum atomic E-state index is -3.51. The highest BCUT2D eigenvalue weighted by molar-refractivity contribution is 7.89. The van der Waals surface area contributed by atoms with Crippen LogP contribution < -0.4 is 5.73 Å². The molecule has 1 aromatic rings.